The number of carbonyl (C=O) groups excluding carboxylic acids is 1. The van der Waals surface area contributed by atoms with Crippen LogP contribution in [0.4, 0.5) is 16.2 Å². The average Bonchev–Trinajstić information content (AvgIpc) is 2.80. The van der Waals surface area contributed by atoms with Crippen molar-refractivity contribution in [2.45, 2.75) is 39.0 Å². The molecule has 2 fully saturated rings. The molecule has 0 saturated carbocycles. The van der Waals surface area contributed by atoms with E-state index >= 15 is 0 Å². The van der Waals surface area contributed by atoms with Gasteiger partial charge in [0, 0.05) is 57.4 Å². The first-order valence-corrected chi connectivity index (χ1v) is 11.4. The summed E-state index contributed by atoms with van der Waals surface area (Å²) in [6, 6.07) is 6.66. The van der Waals surface area contributed by atoms with E-state index in [0.29, 0.717) is 25.9 Å². The van der Waals surface area contributed by atoms with Crippen LogP contribution in [0.25, 0.3) is 0 Å². The molecular weight excluding hydrogens is 417 g/mol. The topological polar surface area (TPSA) is 52.6 Å². The maximum absolute atomic E-state index is 13.3. The third-order valence-corrected chi connectivity index (χ3v) is 6.33. The monoisotopic (exact) mass is 445 g/mol. The second-order valence-corrected chi connectivity index (χ2v) is 8.74. The Morgan fingerprint density at radius 2 is 1.74 bits per heavy atom. The third-order valence-electron chi connectivity index (χ3n) is 6.04. The summed E-state index contributed by atoms with van der Waals surface area (Å²) in [7, 11) is 0. The Kier molecular flexibility index (Phi) is 6.90. The Balaban J connectivity index is 1.32. The number of rotatable bonds is 5. The van der Waals surface area contributed by atoms with Gasteiger partial charge in [0.15, 0.2) is 0 Å². The number of piperidine rings is 1. The van der Waals surface area contributed by atoms with Gasteiger partial charge in [-0.25, -0.2) is 9.37 Å². The molecule has 166 valence electrons. The van der Waals surface area contributed by atoms with Crippen molar-refractivity contribution in [1.82, 2.24) is 14.9 Å². The lowest BCUT2D eigenvalue weighted by atomic mass is 10.1. The molecule has 0 N–H and O–H groups in total. The van der Waals surface area contributed by atoms with Crippen molar-refractivity contribution < 1.29 is 9.18 Å². The van der Waals surface area contributed by atoms with Crippen molar-refractivity contribution >= 4 is 29.3 Å². The van der Waals surface area contributed by atoms with E-state index in [9.17, 15) is 9.18 Å². The van der Waals surface area contributed by atoms with Crippen LogP contribution in [0.15, 0.2) is 24.3 Å². The largest absolute Gasteiger partial charge is 0.353 e. The molecule has 0 radical (unpaired) electrons. The van der Waals surface area contributed by atoms with Gasteiger partial charge in [-0.15, -0.1) is 0 Å². The van der Waals surface area contributed by atoms with Gasteiger partial charge in [0.25, 0.3) is 0 Å². The highest BCUT2D eigenvalue weighted by Gasteiger charge is 2.23. The van der Waals surface area contributed by atoms with Gasteiger partial charge in [0.1, 0.15) is 11.6 Å². The zero-order valence-corrected chi connectivity index (χ0v) is 18.7. The molecule has 0 unspecified atom stereocenters. The van der Waals surface area contributed by atoms with Gasteiger partial charge >= 0.3 is 0 Å². The molecule has 2 saturated heterocycles. The summed E-state index contributed by atoms with van der Waals surface area (Å²) in [6.07, 6.45) is 4.62. The van der Waals surface area contributed by atoms with Gasteiger partial charge in [0.2, 0.25) is 11.9 Å². The van der Waals surface area contributed by atoms with E-state index in [-0.39, 0.29) is 10.9 Å². The van der Waals surface area contributed by atoms with Crippen molar-refractivity contribution in [2.75, 3.05) is 49.1 Å². The minimum Gasteiger partial charge on any atom is -0.353 e. The molecule has 2 aromatic rings. The number of hydrogen-bond acceptors (Lipinski definition) is 5. The van der Waals surface area contributed by atoms with E-state index in [1.807, 2.05) is 17.9 Å². The summed E-state index contributed by atoms with van der Waals surface area (Å²) in [6.45, 7) is 6.90. The van der Waals surface area contributed by atoms with Gasteiger partial charge in [-0.05, 0) is 50.3 Å². The molecule has 0 spiro atoms. The first-order chi connectivity index (χ1) is 15.0. The lowest BCUT2D eigenvalue weighted by Crippen LogP contribution is -2.49. The van der Waals surface area contributed by atoms with Crippen molar-refractivity contribution in [3.05, 3.63) is 46.4 Å². The van der Waals surface area contributed by atoms with Gasteiger partial charge in [-0.2, -0.15) is 4.98 Å². The normalized spacial score (nSPS) is 17.2. The number of piperazine rings is 1. The highest BCUT2D eigenvalue weighted by Crippen LogP contribution is 2.22. The number of halogens is 2. The number of carbonyl (C=O) groups is 1. The van der Waals surface area contributed by atoms with Crippen LogP contribution in [0.2, 0.25) is 5.02 Å². The first-order valence-electron chi connectivity index (χ1n) is 11.1. The van der Waals surface area contributed by atoms with E-state index in [2.05, 4.69) is 14.8 Å². The highest BCUT2D eigenvalue weighted by atomic mass is 35.5. The van der Waals surface area contributed by atoms with Crippen LogP contribution in [0.1, 0.15) is 36.9 Å². The number of hydrogen-bond donors (Lipinski definition) is 0. The Bertz CT molecular complexity index is 926. The van der Waals surface area contributed by atoms with E-state index in [1.165, 1.54) is 25.3 Å². The van der Waals surface area contributed by atoms with Crippen molar-refractivity contribution in [1.29, 1.82) is 0 Å². The van der Waals surface area contributed by atoms with Crippen molar-refractivity contribution in [2.24, 2.45) is 0 Å². The fourth-order valence-corrected chi connectivity index (χ4v) is 4.43. The predicted molar refractivity (Wildman–Crippen MR) is 121 cm³/mol. The lowest BCUT2D eigenvalue weighted by Gasteiger charge is -2.36. The summed E-state index contributed by atoms with van der Waals surface area (Å²) in [5, 5.41) is 0.0997. The molecule has 2 aliphatic rings. The second kappa shape index (κ2) is 9.81. The van der Waals surface area contributed by atoms with E-state index < -0.39 is 5.82 Å². The highest BCUT2D eigenvalue weighted by molar-refractivity contribution is 6.30. The molecular formula is C23H29ClFN5O. The van der Waals surface area contributed by atoms with E-state index in [4.69, 9.17) is 16.6 Å². The molecule has 3 heterocycles. The standard InChI is InChI=1S/C23H29ClFN5O/c1-17-15-21(27-23(26-17)30-9-3-2-4-10-30)28-11-13-29(14-12-28)22(31)8-6-18-5-7-20(25)19(24)16-18/h5,7,15-16H,2-4,6,8-14H2,1H3. The van der Waals surface area contributed by atoms with Gasteiger partial charge in [-0.3, -0.25) is 4.79 Å². The summed E-state index contributed by atoms with van der Waals surface area (Å²) in [5.41, 5.74) is 1.85. The van der Waals surface area contributed by atoms with Crippen LogP contribution < -0.4 is 9.80 Å². The second-order valence-electron chi connectivity index (χ2n) is 8.33. The predicted octanol–water partition coefficient (Wildman–Crippen LogP) is 3.85. The van der Waals surface area contributed by atoms with Crippen molar-refractivity contribution in [3.63, 3.8) is 0 Å². The molecule has 0 atom stereocenters. The minimum absolute atomic E-state index is 0.0997. The van der Waals surface area contributed by atoms with Gasteiger partial charge in [0.05, 0.1) is 5.02 Å². The molecule has 4 rings (SSSR count). The Morgan fingerprint density at radius 3 is 2.45 bits per heavy atom. The van der Waals surface area contributed by atoms with Gasteiger partial charge < -0.3 is 14.7 Å². The molecule has 0 bridgehead atoms. The lowest BCUT2D eigenvalue weighted by molar-refractivity contribution is -0.131. The minimum atomic E-state index is -0.434. The molecule has 1 aromatic carbocycles. The Hall–Kier alpha value is -2.41. The number of amides is 1. The fraction of sp³-hybridized carbons (Fsp3) is 0.522. The first kappa shape index (κ1) is 21.8. The SMILES string of the molecule is Cc1cc(N2CCN(C(=O)CCc3ccc(F)c(Cl)c3)CC2)nc(N2CCCCC2)n1. The number of nitrogens with zero attached hydrogens (tertiary/aromatic N) is 5. The summed E-state index contributed by atoms with van der Waals surface area (Å²) in [5.74, 6) is 1.46. The van der Waals surface area contributed by atoms with Crippen LogP contribution in [-0.4, -0.2) is 60.0 Å². The summed E-state index contributed by atoms with van der Waals surface area (Å²) in [4.78, 5) is 28.6. The van der Waals surface area contributed by atoms with E-state index in [1.54, 1.807) is 12.1 Å². The molecule has 8 heteroatoms. The Morgan fingerprint density at radius 1 is 1.00 bits per heavy atom. The quantitative estimate of drug-likeness (QED) is 0.699. The Labute approximate surface area is 188 Å². The zero-order chi connectivity index (χ0) is 21.8. The number of aromatic nitrogens is 2. The summed E-state index contributed by atoms with van der Waals surface area (Å²) < 4.78 is 13.3. The van der Waals surface area contributed by atoms with E-state index in [0.717, 1.165) is 49.2 Å². The van der Waals surface area contributed by atoms with Crippen LogP contribution >= 0.6 is 11.6 Å². The average molecular weight is 446 g/mol. The maximum atomic E-state index is 13.3. The molecule has 0 aliphatic carbocycles. The maximum Gasteiger partial charge on any atom is 0.227 e. The van der Waals surface area contributed by atoms with Crippen LogP contribution in [0.5, 0.6) is 0 Å². The molecule has 1 amide bonds. The number of anilines is 2. The van der Waals surface area contributed by atoms with Gasteiger partial charge in [-0.1, -0.05) is 17.7 Å². The molecule has 2 aliphatic heterocycles. The van der Waals surface area contributed by atoms with Crippen LogP contribution in [0, 0.1) is 12.7 Å². The molecule has 6 nitrogen and oxygen atoms in total. The van der Waals surface area contributed by atoms with Crippen LogP contribution in [0.3, 0.4) is 0 Å². The summed E-state index contributed by atoms with van der Waals surface area (Å²) >= 11 is 5.83. The fourth-order valence-electron chi connectivity index (χ4n) is 4.22. The third kappa shape index (κ3) is 5.45. The zero-order valence-electron chi connectivity index (χ0n) is 18.0. The molecule has 1 aromatic heterocycles. The number of benzene rings is 1. The van der Waals surface area contributed by atoms with Crippen LogP contribution in [-0.2, 0) is 11.2 Å². The smallest absolute Gasteiger partial charge is 0.227 e. The molecule has 31 heavy (non-hydrogen) atoms. The van der Waals surface area contributed by atoms with Crippen molar-refractivity contribution in [3.8, 4) is 0 Å². The number of aryl methyl sites for hydroxylation is 2.